The lowest BCUT2D eigenvalue weighted by Crippen LogP contribution is -2.30. The summed E-state index contributed by atoms with van der Waals surface area (Å²) in [5, 5.41) is 12.9. The molecule has 6 heteroatoms. The smallest absolute Gasteiger partial charge is 0.253 e. The van der Waals surface area contributed by atoms with E-state index < -0.39 is 30.0 Å². The van der Waals surface area contributed by atoms with Crippen LogP contribution < -0.4 is 5.32 Å². The second kappa shape index (κ2) is 7.35. The average molecular weight is 336 g/mol. The molecule has 0 bridgehead atoms. The minimum atomic E-state index is -1.51. The highest BCUT2D eigenvalue weighted by Gasteiger charge is 2.20. The van der Waals surface area contributed by atoms with Crippen LogP contribution in [0, 0.1) is 12.7 Å². The van der Waals surface area contributed by atoms with E-state index in [1.54, 1.807) is 25.1 Å². The van der Waals surface area contributed by atoms with E-state index in [4.69, 9.17) is 11.6 Å². The number of carbonyl (C=O) groups is 2. The molecule has 2 aromatic rings. The number of benzene rings is 2. The van der Waals surface area contributed by atoms with Crippen molar-refractivity contribution >= 4 is 29.0 Å². The fourth-order valence-corrected chi connectivity index (χ4v) is 2.14. The number of carbonyl (C=O) groups excluding carboxylic acids is 2. The van der Waals surface area contributed by atoms with Crippen LogP contribution in [0.1, 0.15) is 22.3 Å². The third kappa shape index (κ3) is 4.61. The number of hydrogen-bond donors (Lipinski definition) is 2. The van der Waals surface area contributed by atoms with Gasteiger partial charge in [-0.05, 0) is 48.9 Å². The molecule has 0 aliphatic carbocycles. The first-order chi connectivity index (χ1) is 10.9. The zero-order valence-corrected chi connectivity index (χ0v) is 13.1. The van der Waals surface area contributed by atoms with Crippen LogP contribution >= 0.6 is 11.6 Å². The largest absolute Gasteiger partial charge is 0.383 e. The van der Waals surface area contributed by atoms with E-state index >= 15 is 0 Å². The highest BCUT2D eigenvalue weighted by Crippen LogP contribution is 2.20. The second-order valence-corrected chi connectivity index (χ2v) is 5.53. The summed E-state index contributed by atoms with van der Waals surface area (Å²) < 4.78 is 12.8. The summed E-state index contributed by atoms with van der Waals surface area (Å²) in [6.07, 6.45) is -1.90. The number of Topliss-reactive ketones (excluding diaryl/α,β-unsaturated/α-hetero) is 1. The molecule has 0 spiro atoms. The number of ketones is 1. The number of aliphatic hydroxyl groups excluding tert-OH is 1. The van der Waals surface area contributed by atoms with Crippen LogP contribution in [0.25, 0.3) is 0 Å². The maximum atomic E-state index is 12.8. The van der Waals surface area contributed by atoms with Crippen LogP contribution in [0.15, 0.2) is 42.5 Å². The number of hydrogen-bond acceptors (Lipinski definition) is 3. The van der Waals surface area contributed by atoms with Crippen molar-refractivity contribution in [2.24, 2.45) is 0 Å². The molecule has 0 saturated carbocycles. The highest BCUT2D eigenvalue weighted by molar-refractivity contribution is 6.31. The quantitative estimate of drug-likeness (QED) is 0.823. The lowest BCUT2D eigenvalue weighted by Gasteiger charge is -2.13. The van der Waals surface area contributed by atoms with Gasteiger partial charge >= 0.3 is 0 Å². The van der Waals surface area contributed by atoms with E-state index in [0.29, 0.717) is 10.7 Å². The topological polar surface area (TPSA) is 66.4 Å². The molecular weight excluding hydrogens is 321 g/mol. The number of aryl methyl sites for hydroxylation is 1. The molecule has 1 atom stereocenters. The van der Waals surface area contributed by atoms with Crippen LogP contribution in [0.5, 0.6) is 0 Å². The van der Waals surface area contributed by atoms with E-state index in [2.05, 4.69) is 5.32 Å². The first kappa shape index (κ1) is 17.1. The standard InChI is InChI=1S/C17H15ClFNO3/c1-10-2-5-12(18)8-14(10)20-17(23)16(22)9-15(21)11-3-6-13(19)7-4-11/h2-8,16,22H,9H2,1H3,(H,20,23)/t16-/m0/s1. The summed E-state index contributed by atoms with van der Waals surface area (Å²) in [4.78, 5) is 23.9. The van der Waals surface area contributed by atoms with E-state index in [1.165, 1.54) is 12.1 Å². The molecule has 0 radical (unpaired) electrons. The third-order valence-corrected chi connectivity index (χ3v) is 3.54. The maximum absolute atomic E-state index is 12.8. The fourth-order valence-electron chi connectivity index (χ4n) is 1.97. The molecule has 0 aromatic heterocycles. The van der Waals surface area contributed by atoms with Crippen molar-refractivity contribution in [3.8, 4) is 0 Å². The van der Waals surface area contributed by atoms with Crippen LogP contribution in [0.3, 0.4) is 0 Å². The Bertz CT molecular complexity index is 731. The van der Waals surface area contributed by atoms with Crippen molar-refractivity contribution in [2.75, 3.05) is 5.32 Å². The molecule has 0 heterocycles. The van der Waals surface area contributed by atoms with E-state index in [-0.39, 0.29) is 5.56 Å². The zero-order chi connectivity index (χ0) is 17.0. The maximum Gasteiger partial charge on any atom is 0.253 e. The van der Waals surface area contributed by atoms with Crippen LogP contribution in [0.4, 0.5) is 10.1 Å². The molecule has 23 heavy (non-hydrogen) atoms. The summed E-state index contributed by atoms with van der Waals surface area (Å²) >= 11 is 5.86. The fraction of sp³-hybridized carbons (Fsp3) is 0.176. The second-order valence-electron chi connectivity index (χ2n) is 5.10. The molecule has 0 saturated heterocycles. The van der Waals surface area contributed by atoms with E-state index in [1.807, 2.05) is 0 Å². The van der Waals surface area contributed by atoms with Gasteiger partial charge in [0, 0.05) is 22.7 Å². The Morgan fingerprint density at radius 3 is 2.52 bits per heavy atom. The summed E-state index contributed by atoms with van der Waals surface area (Å²) in [6.45, 7) is 1.78. The number of nitrogens with one attached hydrogen (secondary N) is 1. The molecular formula is C17H15ClFNO3. The molecule has 2 N–H and O–H groups in total. The zero-order valence-electron chi connectivity index (χ0n) is 12.3. The summed E-state index contributed by atoms with van der Waals surface area (Å²) in [5.74, 6) is -1.61. The first-order valence-corrected chi connectivity index (χ1v) is 7.28. The van der Waals surface area contributed by atoms with E-state index in [9.17, 15) is 19.1 Å². The van der Waals surface area contributed by atoms with Crippen LogP contribution in [-0.4, -0.2) is 22.9 Å². The lowest BCUT2D eigenvalue weighted by molar-refractivity contribution is -0.123. The van der Waals surface area contributed by atoms with Gasteiger partial charge in [-0.2, -0.15) is 0 Å². The minimum absolute atomic E-state index is 0.234. The Kier molecular flexibility index (Phi) is 5.47. The van der Waals surface area contributed by atoms with Crippen molar-refractivity contribution in [1.29, 1.82) is 0 Å². The van der Waals surface area contributed by atoms with Crippen molar-refractivity contribution in [3.05, 3.63) is 64.4 Å². The SMILES string of the molecule is Cc1ccc(Cl)cc1NC(=O)[C@@H](O)CC(=O)c1ccc(F)cc1. The molecule has 0 unspecified atom stereocenters. The number of aliphatic hydroxyl groups is 1. The van der Waals surface area contributed by atoms with Gasteiger partial charge in [0.05, 0.1) is 0 Å². The van der Waals surface area contributed by atoms with Crippen molar-refractivity contribution in [3.63, 3.8) is 0 Å². The van der Waals surface area contributed by atoms with Gasteiger partial charge in [-0.25, -0.2) is 4.39 Å². The van der Waals surface area contributed by atoms with Gasteiger partial charge in [0.15, 0.2) is 5.78 Å². The number of rotatable bonds is 5. The van der Waals surface area contributed by atoms with Gasteiger partial charge in [0.2, 0.25) is 0 Å². The van der Waals surface area contributed by atoms with Gasteiger partial charge in [0.1, 0.15) is 11.9 Å². The highest BCUT2D eigenvalue weighted by atomic mass is 35.5. The number of anilines is 1. The monoisotopic (exact) mass is 335 g/mol. The Morgan fingerprint density at radius 2 is 1.87 bits per heavy atom. The Morgan fingerprint density at radius 1 is 1.22 bits per heavy atom. The molecule has 2 aromatic carbocycles. The van der Waals surface area contributed by atoms with E-state index in [0.717, 1.165) is 17.7 Å². The van der Waals surface area contributed by atoms with Gasteiger partial charge in [0.25, 0.3) is 5.91 Å². The molecule has 0 aliphatic rings. The van der Waals surface area contributed by atoms with Gasteiger partial charge in [-0.15, -0.1) is 0 Å². The Labute approximate surface area is 137 Å². The molecule has 0 fully saturated rings. The molecule has 0 aliphatic heterocycles. The van der Waals surface area contributed by atoms with Crippen molar-refractivity contribution in [2.45, 2.75) is 19.4 Å². The minimum Gasteiger partial charge on any atom is -0.383 e. The van der Waals surface area contributed by atoms with Gasteiger partial charge in [-0.3, -0.25) is 9.59 Å². The average Bonchev–Trinajstić information content (AvgIpc) is 2.51. The predicted octanol–water partition coefficient (Wildman–Crippen LogP) is 3.36. The number of halogens is 2. The van der Waals surface area contributed by atoms with Crippen molar-refractivity contribution in [1.82, 2.24) is 0 Å². The summed E-state index contributed by atoms with van der Waals surface area (Å²) in [7, 11) is 0. The number of amides is 1. The van der Waals surface area contributed by atoms with Gasteiger partial charge in [-0.1, -0.05) is 17.7 Å². The molecule has 4 nitrogen and oxygen atoms in total. The lowest BCUT2D eigenvalue weighted by atomic mass is 10.0. The molecule has 2 rings (SSSR count). The van der Waals surface area contributed by atoms with Crippen LogP contribution in [0.2, 0.25) is 5.02 Å². The molecule has 120 valence electrons. The first-order valence-electron chi connectivity index (χ1n) is 6.90. The van der Waals surface area contributed by atoms with Crippen LogP contribution in [-0.2, 0) is 4.79 Å². The van der Waals surface area contributed by atoms with Gasteiger partial charge < -0.3 is 10.4 Å². The third-order valence-electron chi connectivity index (χ3n) is 3.31. The normalized spacial score (nSPS) is 11.8. The molecule has 1 amide bonds. The summed E-state index contributed by atoms with van der Waals surface area (Å²) in [5.41, 5.74) is 1.48. The Hall–Kier alpha value is -2.24. The van der Waals surface area contributed by atoms with Crippen molar-refractivity contribution < 1.29 is 19.1 Å². The Balaban J connectivity index is 2.01. The predicted molar refractivity (Wildman–Crippen MR) is 86.2 cm³/mol. The summed E-state index contributed by atoms with van der Waals surface area (Å²) in [6, 6.07) is 9.88.